The Morgan fingerprint density at radius 2 is 1.60 bits per heavy atom. The highest BCUT2D eigenvalue weighted by Crippen LogP contribution is 2.26. The number of hydrazone groups is 1. The van der Waals surface area contributed by atoms with E-state index in [1.54, 1.807) is 79.7 Å². The molecule has 11 heteroatoms. The van der Waals surface area contributed by atoms with E-state index in [-0.39, 0.29) is 0 Å². The summed E-state index contributed by atoms with van der Waals surface area (Å²) in [5, 5.41) is 3.88. The van der Waals surface area contributed by atoms with Crippen molar-refractivity contribution < 1.29 is 31.9 Å². The van der Waals surface area contributed by atoms with Crippen LogP contribution in [0.1, 0.15) is 23.0 Å². The van der Waals surface area contributed by atoms with Gasteiger partial charge in [0.05, 0.1) is 30.3 Å². The van der Waals surface area contributed by atoms with E-state index in [1.807, 2.05) is 18.2 Å². The molecule has 0 aliphatic carbocycles. The molecule has 0 aliphatic rings. The van der Waals surface area contributed by atoms with Gasteiger partial charge in [-0.05, 0) is 67.6 Å². The number of para-hydroxylation sites is 1. The molecule has 0 saturated carbocycles. The maximum absolute atomic E-state index is 12.5. The van der Waals surface area contributed by atoms with Crippen molar-refractivity contribution in [2.75, 3.05) is 23.7 Å². The average Bonchev–Trinajstić information content (AvgIpc) is 3.41. The predicted octanol–water partition coefficient (Wildman–Crippen LogP) is 4.83. The predicted molar refractivity (Wildman–Crippen MR) is 151 cm³/mol. The number of sulfonamides is 1. The Kier molecular flexibility index (Phi) is 8.97. The lowest BCUT2D eigenvalue weighted by molar-refractivity contribution is -0.119. The van der Waals surface area contributed by atoms with Crippen molar-refractivity contribution in [1.29, 1.82) is 0 Å². The summed E-state index contributed by atoms with van der Waals surface area (Å²) in [6.45, 7) is 1.55. The van der Waals surface area contributed by atoms with E-state index < -0.39 is 28.4 Å². The number of carbonyl (C=O) groups excluding carboxylic acids is 2. The highest BCUT2D eigenvalue weighted by molar-refractivity contribution is 7.92. The number of amides is 1. The van der Waals surface area contributed by atoms with Crippen molar-refractivity contribution in [2.24, 2.45) is 5.10 Å². The first-order valence-corrected chi connectivity index (χ1v) is 14.1. The number of ether oxygens (including phenoxy) is 2. The van der Waals surface area contributed by atoms with Gasteiger partial charge in [0.15, 0.2) is 0 Å². The van der Waals surface area contributed by atoms with Crippen LogP contribution in [-0.4, -0.2) is 45.9 Å². The molecule has 0 fully saturated rings. The van der Waals surface area contributed by atoms with Gasteiger partial charge in [-0.3, -0.25) is 9.10 Å². The fraction of sp³-hybridized carbons (Fsp3) is 0.138. The molecule has 4 aromatic rings. The Balaban J connectivity index is 1.35. The molecule has 1 heterocycles. The van der Waals surface area contributed by atoms with Crippen molar-refractivity contribution in [3.8, 4) is 22.8 Å². The maximum Gasteiger partial charge on any atom is 0.338 e. The summed E-state index contributed by atoms with van der Waals surface area (Å²) in [4.78, 5) is 24.3. The number of esters is 1. The largest absolute Gasteiger partial charge is 0.462 e. The fourth-order valence-electron chi connectivity index (χ4n) is 3.60. The van der Waals surface area contributed by atoms with Gasteiger partial charge >= 0.3 is 5.97 Å². The van der Waals surface area contributed by atoms with Crippen LogP contribution in [-0.2, 0) is 19.6 Å². The van der Waals surface area contributed by atoms with Crippen LogP contribution >= 0.6 is 0 Å². The van der Waals surface area contributed by atoms with Crippen LogP contribution in [0.5, 0.6) is 11.5 Å². The second kappa shape index (κ2) is 12.8. The first-order valence-electron chi connectivity index (χ1n) is 12.2. The molecule has 1 N–H and O–H groups in total. The zero-order valence-electron chi connectivity index (χ0n) is 21.8. The number of carbonyl (C=O) groups is 2. The molecule has 206 valence electrons. The summed E-state index contributed by atoms with van der Waals surface area (Å²) >= 11 is 0. The lowest BCUT2D eigenvalue weighted by Crippen LogP contribution is -2.38. The number of anilines is 1. The molecule has 1 amide bonds. The second-order valence-electron chi connectivity index (χ2n) is 8.47. The third-order valence-corrected chi connectivity index (χ3v) is 6.62. The molecular weight excluding hydrogens is 534 g/mol. The second-order valence-corrected chi connectivity index (χ2v) is 10.4. The monoisotopic (exact) mass is 561 g/mol. The first kappa shape index (κ1) is 28.1. The van der Waals surface area contributed by atoms with Crippen LogP contribution in [0.3, 0.4) is 0 Å². The molecule has 10 nitrogen and oxygen atoms in total. The average molecular weight is 562 g/mol. The minimum Gasteiger partial charge on any atom is -0.462 e. The van der Waals surface area contributed by atoms with Gasteiger partial charge in [-0.2, -0.15) is 5.10 Å². The summed E-state index contributed by atoms with van der Waals surface area (Å²) in [5.74, 6) is 1.01. The van der Waals surface area contributed by atoms with Crippen LogP contribution in [0.15, 0.2) is 101 Å². The van der Waals surface area contributed by atoms with E-state index in [0.29, 0.717) is 40.9 Å². The molecule has 0 unspecified atom stereocenters. The van der Waals surface area contributed by atoms with Crippen LogP contribution in [0.4, 0.5) is 5.69 Å². The summed E-state index contributed by atoms with van der Waals surface area (Å²) in [6.07, 6.45) is 2.32. The SMILES string of the molecule is CCOC(=O)c1ccc(-c2ccc(/C=N\NC(=O)CN(c3ccc(Oc4ccccc4)cc3)S(C)(=O)=O)o2)cc1. The Morgan fingerprint density at radius 1 is 0.925 bits per heavy atom. The van der Waals surface area contributed by atoms with E-state index >= 15 is 0 Å². The first-order chi connectivity index (χ1) is 19.2. The molecule has 0 spiro atoms. The molecule has 0 atom stereocenters. The van der Waals surface area contributed by atoms with Gasteiger partial charge in [-0.15, -0.1) is 0 Å². The zero-order chi connectivity index (χ0) is 28.5. The molecular formula is C29H27N3O7S. The van der Waals surface area contributed by atoms with Gasteiger partial charge in [0.25, 0.3) is 5.91 Å². The fourth-order valence-corrected chi connectivity index (χ4v) is 4.46. The molecule has 4 rings (SSSR count). The number of nitrogens with zero attached hydrogens (tertiary/aromatic N) is 2. The van der Waals surface area contributed by atoms with Gasteiger partial charge in [-0.25, -0.2) is 18.6 Å². The molecule has 0 bridgehead atoms. The number of hydrogen-bond acceptors (Lipinski definition) is 8. The third kappa shape index (κ3) is 7.58. The summed E-state index contributed by atoms with van der Waals surface area (Å²) in [6, 6.07) is 25.6. The van der Waals surface area contributed by atoms with E-state index in [4.69, 9.17) is 13.9 Å². The smallest absolute Gasteiger partial charge is 0.338 e. The number of rotatable bonds is 11. The minimum absolute atomic E-state index is 0.294. The molecule has 40 heavy (non-hydrogen) atoms. The van der Waals surface area contributed by atoms with Gasteiger partial charge < -0.3 is 13.9 Å². The lowest BCUT2D eigenvalue weighted by Gasteiger charge is -2.21. The summed E-state index contributed by atoms with van der Waals surface area (Å²) < 4.78 is 42.2. The van der Waals surface area contributed by atoms with E-state index in [1.165, 1.54) is 6.21 Å². The zero-order valence-corrected chi connectivity index (χ0v) is 22.6. The quantitative estimate of drug-likeness (QED) is 0.158. The van der Waals surface area contributed by atoms with Crippen molar-refractivity contribution in [1.82, 2.24) is 5.43 Å². The van der Waals surface area contributed by atoms with E-state index in [9.17, 15) is 18.0 Å². The highest BCUT2D eigenvalue weighted by atomic mass is 32.2. The summed E-state index contributed by atoms with van der Waals surface area (Å²) in [5.41, 5.74) is 3.78. The van der Waals surface area contributed by atoms with Gasteiger partial charge in [0.2, 0.25) is 10.0 Å². The number of hydrogen-bond donors (Lipinski definition) is 1. The number of benzene rings is 3. The Morgan fingerprint density at radius 3 is 2.25 bits per heavy atom. The van der Waals surface area contributed by atoms with E-state index in [2.05, 4.69) is 10.5 Å². The van der Waals surface area contributed by atoms with Gasteiger partial charge in [0, 0.05) is 5.56 Å². The van der Waals surface area contributed by atoms with Crippen molar-refractivity contribution in [3.63, 3.8) is 0 Å². The van der Waals surface area contributed by atoms with Crippen molar-refractivity contribution >= 4 is 33.8 Å². The standard InChI is InChI=1S/C29H27N3O7S/c1-3-37-29(34)22-11-9-21(10-12-22)27-18-17-26(39-27)19-30-31-28(33)20-32(40(2,35)36)23-13-15-25(16-14-23)38-24-7-5-4-6-8-24/h4-19H,3,20H2,1-2H3,(H,31,33)/b30-19-. The van der Waals surface area contributed by atoms with Gasteiger partial charge in [-0.1, -0.05) is 30.3 Å². The maximum atomic E-state index is 12.5. The highest BCUT2D eigenvalue weighted by Gasteiger charge is 2.21. The molecule has 0 saturated heterocycles. The van der Waals surface area contributed by atoms with Crippen molar-refractivity contribution in [2.45, 2.75) is 6.92 Å². The third-order valence-electron chi connectivity index (χ3n) is 5.48. The molecule has 0 radical (unpaired) electrons. The minimum atomic E-state index is -3.77. The number of nitrogens with one attached hydrogen (secondary N) is 1. The van der Waals surface area contributed by atoms with Crippen LogP contribution < -0.4 is 14.5 Å². The van der Waals surface area contributed by atoms with Crippen LogP contribution in [0.25, 0.3) is 11.3 Å². The van der Waals surface area contributed by atoms with Crippen molar-refractivity contribution in [3.05, 3.63) is 102 Å². The van der Waals surface area contributed by atoms with Crippen LogP contribution in [0.2, 0.25) is 0 Å². The van der Waals surface area contributed by atoms with Gasteiger partial charge in [0.1, 0.15) is 29.6 Å². The molecule has 1 aromatic heterocycles. The topological polar surface area (TPSA) is 128 Å². The normalized spacial score (nSPS) is 11.2. The van der Waals surface area contributed by atoms with E-state index in [0.717, 1.165) is 16.1 Å². The Hall–Kier alpha value is -4.90. The Bertz CT molecular complexity index is 1580. The van der Waals surface area contributed by atoms with Crippen LogP contribution in [0, 0.1) is 0 Å². The summed E-state index contributed by atoms with van der Waals surface area (Å²) in [7, 11) is -3.77. The Labute approximate surface area is 231 Å². The molecule has 0 aliphatic heterocycles. The molecule has 3 aromatic carbocycles. The lowest BCUT2D eigenvalue weighted by atomic mass is 10.1. The number of furan rings is 1.